The minimum absolute atomic E-state index is 0.301. The molecule has 0 aromatic heterocycles. The fourth-order valence-electron chi connectivity index (χ4n) is 2.89. The zero-order valence-corrected chi connectivity index (χ0v) is 13.1. The fourth-order valence-corrected chi connectivity index (χ4v) is 4.41. The molecule has 0 aliphatic heterocycles. The predicted octanol–water partition coefficient (Wildman–Crippen LogP) is 4.88. The van der Waals surface area contributed by atoms with E-state index >= 15 is 0 Å². The van der Waals surface area contributed by atoms with Crippen molar-refractivity contribution in [1.29, 1.82) is 0 Å². The largest absolute Gasteiger partial charge is 0.417 e. The Balaban J connectivity index is 2.21. The molecule has 0 amide bonds. The van der Waals surface area contributed by atoms with Crippen LogP contribution in [0.1, 0.15) is 43.7 Å². The van der Waals surface area contributed by atoms with E-state index in [1.54, 1.807) is 12.1 Å². The third kappa shape index (κ3) is 4.65. The van der Waals surface area contributed by atoms with Gasteiger partial charge < -0.3 is 5.73 Å². The lowest BCUT2D eigenvalue weighted by atomic mass is 9.91. The number of thioether (sulfide) groups is 1. The predicted molar refractivity (Wildman–Crippen MR) is 81.5 cm³/mol. The van der Waals surface area contributed by atoms with Crippen molar-refractivity contribution in [3.8, 4) is 0 Å². The molecule has 1 nitrogen and oxygen atoms in total. The summed E-state index contributed by atoms with van der Waals surface area (Å²) in [6.45, 7) is 2.55. The first kappa shape index (κ1) is 16.7. The van der Waals surface area contributed by atoms with Gasteiger partial charge in [-0.1, -0.05) is 25.8 Å². The lowest BCUT2D eigenvalue weighted by Crippen LogP contribution is -2.16. The Bertz CT molecular complexity index is 473. The van der Waals surface area contributed by atoms with Crippen LogP contribution in [-0.2, 0) is 12.6 Å². The van der Waals surface area contributed by atoms with Gasteiger partial charge in [-0.05, 0) is 49.4 Å². The van der Waals surface area contributed by atoms with Crippen LogP contribution in [0.2, 0.25) is 0 Å². The quantitative estimate of drug-likeness (QED) is 0.856. The summed E-state index contributed by atoms with van der Waals surface area (Å²) >= 11 is 1.40. The van der Waals surface area contributed by atoms with Crippen LogP contribution in [0.15, 0.2) is 23.1 Å². The molecule has 2 N–H and O–H groups in total. The zero-order chi connectivity index (χ0) is 15.5. The number of rotatable bonds is 4. The average molecular weight is 317 g/mol. The van der Waals surface area contributed by atoms with E-state index in [-0.39, 0.29) is 0 Å². The summed E-state index contributed by atoms with van der Waals surface area (Å²) in [6, 6.07) is 4.66. The molecule has 0 saturated heterocycles. The van der Waals surface area contributed by atoms with Gasteiger partial charge in [0, 0.05) is 10.1 Å². The average Bonchev–Trinajstić information content (AvgIpc) is 2.39. The minimum Gasteiger partial charge on any atom is -0.330 e. The molecule has 1 fully saturated rings. The standard InChI is InChI=1S/C16H22F3NS/c1-11-3-2-4-13(9-11)21-15-6-5-12(7-8-20)10-14(15)16(17,18)19/h5-6,10-11,13H,2-4,7-9,20H2,1H3. The molecule has 1 saturated carbocycles. The van der Waals surface area contributed by atoms with Crippen molar-refractivity contribution in [3.05, 3.63) is 29.3 Å². The number of hydrogen-bond acceptors (Lipinski definition) is 2. The summed E-state index contributed by atoms with van der Waals surface area (Å²) in [5, 5.41) is 0.301. The molecule has 5 heteroatoms. The Morgan fingerprint density at radius 3 is 2.67 bits per heavy atom. The van der Waals surface area contributed by atoms with Gasteiger partial charge in [-0.2, -0.15) is 13.2 Å². The molecule has 1 aromatic carbocycles. The van der Waals surface area contributed by atoms with Gasteiger partial charge in [0.15, 0.2) is 0 Å². The van der Waals surface area contributed by atoms with Gasteiger partial charge in [-0.15, -0.1) is 11.8 Å². The summed E-state index contributed by atoms with van der Waals surface area (Å²) in [7, 11) is 0. The van der Waals surface area contributed by atoms with Crippen molar-refractivity contribution in [2.45, 2.75) is 55.3 Å². The topological polar surface area (TPSA) is 26.0 Å². The second kappa shape index (κ2) is 7.05. The van der Waals surface area contributed by atoms with Crippen LogP contribution in [0.3, 0.4) is 0 Å². The Morgan fingerprint density at radius 1 is 1.29 bits per heavy atom. The highest BCUT2D eigenvalue weighted by atomic mass is 32.2. The molecular weight excluding hydrogens is 295 g/mol. The Morgan fingerprint density at radius 2 is 2.05 bits per heavy atom. The second-order valence-corrected chi connectivity index (χ2v) is 7.22. The van der Waals surface area contributed by atoms with Crippen LogP contribution in [0.4, 0.5) is 13.2 Å². The summed E-state index contributed by atoms with van der Waals surface area (Å²) in [4.78, 5) is 0.363. The van der Waals surface area contributed by atoms with E-state index in [2.05, 4.69) is 6.92 Å². The van der Waals surface area contributed by atoms with E-state index in [1.807, 2.05) is 0 Å². The molecule has 0 radical (unpaired) electrons. The zero-order valence-electron chi connectivity index (χ0n) is 12.2. The smallest absolute Gasteiger partial charge is 0.330 e. The van der Waals surface area contributed by atoms with Crippen molar-refractivity contribution >= 4 is 11.8 Å². The number of nitrogens with two attached hydrogens (primary N) is 1. The van der Waals surface area contributed by atoms with E-state index in [4.69, 9.17) is 5.73 Å². The van der Waals surface area contributed by atoms with Gasteiger partial charge in [0.2, 0.25) is 0 Å². The molecule has 21 heavy (non-hydrogen) atoms. The lowest BCUT2D eigenvalue weighted by Gasteiger charge is -2.27. The van der Waals surface area contributed by atoms with E-state index in [1.165, 1.54) is 24.2 Å². The first-order chi connectivity index (χ1) is 9.90. The number of hydrogen-bond donors (Lipinski definition) is 1. The lowest BCUT2D eigenvalue weighted by molar-refractivity contribution is -0.139. The van der Waals surface area contributed by atoms with Crippen molar-refractivity contribution in [2.75, 3.05) is 6.54 Å². The summed E-state index contributed by atoms with van der Waals surface area (Å²) < 4.78 is 39.8. The molecule has 2 unspecified atom stereocenters. The molecular formula is C16H22F3NS. The van der Waals surface area contributed by atoms with Gasteiger partial charge in [-0.25, -0.2) is 0 Å². The second-order valence-electron chi connectivity index (χ2n) is 5.88. The van der Waals surface area contributed by atoms with Crippen molar-refractivity contribution < 1.29 is 13.2 Å². The highest BCUT2D eigenvalue weighted by Crippen LogP contribution is 2.42. The van der Waals surface area contributed by atoms with E-state index in [0.717, 1.165) is 19.3 Å². The normalized spacial score (nSPS) is 23.3. The van der Waals surface area contributed by atoms with Gasteiger partial charge in [0.25, 0.3) is 0 Å². The van der Waals surface area contributed by atoms with Crippen LogP contribution in [0.25, 0.3) is 0 Å². The maximum atomic E-state index is 13.3. The van der Waals surface area contributed by atoms with Crippen LogP contribution in [0.5, 0.6) is 0 Å². The van der Waals surface area contributed by atoms with E-state index in [0.29, 0.717) is 34.6 Å². The Kier molecular flexibility index (Phi) is 5.60. The van der Waals surface area contributed by atoms with Crippen molar-refractivity contribution in [1.82, 2.24) is 0 Å². The van der Waals surface area contributed by atoms with Crippen LogP contribution < -0.4 is 5.73 Å². The third-order valence-electron chi connectivity index (χ3n) is 3.96. The summed E-state index contributed by atoms with van der Waals surface area (Å²) in [5.41, 5.74) is 5.59. The number of halogens is 3. The molecule has 2 rings (SSSR count). The monoisotopic (exact) mass is 317 g/mol. The fraction of sp³-hybridized carbons (Fsp3) is 0.625. The van der Waals surface area contributed by atoms with E-state index < -0.39 is 11.7 Å². The van der Waals surface area contributed by atoms with Crippen LogP contribution in [-0.4, -0.2) is 11.8 Å². The van der Waals surface area contributed by atoms with Gasteiger partial charge in [0.1, 0.15) is 0 Å². The van der Waals surface area contributed by atoms with Crippen LogP contribution in [0, 0.1) is 5.92 Å². The Labute approximate surface area is 128 Å². The molecule has 118 valence electrons. The minimum atomic E-state index is -4.30. The molecule has 1 aliphatic carbocycles. The van der Waals surface area contributed by atoms with Gasteiger partial charge in [0.05, 0.1) is 5.56 Å². The molecule has 0 heterocycles. The summed E-state index contributed by atoms with van der Waals surface area (Å²) in [6.07, 6.45) is 0.509. The highest BCUT2D eigenvalue weighted by molar-refractivity contribution is 8.00. The molecule has 0 bridgehead atoms. The molecule has 0 spiro atoms. The maximum Gasteiger partial charge on any atom is 0.417 e. The SMILES string of the molecule is CC1CCCC(Sc2ccc(CCN)cc2C(F)(F)F)C1. The van der Waals surface area contributed by atoms with Crippen LogP contribution >= 0.6 is 11.8 Å². The first-order valence-corrected chi connectivity index (χ1v) is 8.35. The highest BCUT2D eigenvalue weighted by Gasteiger charge is 2.34. The van der Waals surface area contributed by atoms with Crippen molar-refractivity contribution in [2.24, 2.45) is 11.7 Å². The summed E-state index contributed by atoms with van der Waals surface area (Å²) in [5.74, 6) is 0.613. The number of benzene rings is 1. The number of alkyl halides is 3. The van der Waals surface area contributed by atoms with Gasteiger partial charge in [-0.3, -0.25) is 0 Å². The first-order valence-electron chi connectivity index (χ1n) is 7.47. The van der Waals surface area contributed by atoms with Crippen molar-refractivity contribution in [3.63, 3.8) is 0 Å². The molecule has 1 aliphatic rings. The Hall–Kier alpha value is -0.680. The molecule has 1 aromatic rings. The maximum absolute atomic E-state index is 13.3. The third-order valence-corrected chi connectivity index (χ3v) is 5.34. The molecule has 2 atom stereocenters. The van der Waals surface area contributed by atoms with Gasteiger partial charge >= 0.3 is 6.18 Å². The van der Waals surface area contributed by atoms with E-state index in [9.17, 15) is 13.2 Å².